The Labute approximate surface area is 117 Å². The summed E-state index contributed by atoms with van der Waals surface area (Å²) < 4.78 is 5.79. The molecule has 0 aliphatic carbocycles. The summed E-state index contributed by atoms with van der Waals surface area (Å²) in [5, 5.41) is 0. The zero-order valence-electron chi connectivity index (χ0n) is 11.2. The summed E-state index contributed by atoms with van der Waals surface area (Å²) in [7, 11) is 0. The number of rotatable bonds is 2. The first-order valence-electron chi connectivity index (χ1n) is 7.11. The lowest BCUT2D eigenvalue weighted by molar-refractivity contribution is 0.620. The molecule has 1 saturated heterocycles. The maximum Gasteiger partial charge on any atom is 0.227 e. The van der Waals surface area contributed by atoms with Gasteiger partial charge in [0, 0.05) is 24.3 Å². The SMILES string of the molecule is c1ccc2oc(-c3ccc(N4CCCC4)cc3)nc2c1. The summed E-state index contributed by atoms with van der Waals surface area (Å²) in [5.74, 6) is 0.694. The first-order chi connectivity index (χ1) is 9.90. The molecule has 0 saturated carbocycles. The fourth-order valence-corrected chi connectivity index (χ4v) is 2.79. The van der Waals surface area contributed by atoms with Crippen LogP contribution in [0.25, 0.3) is 22.6 Å². The molecule has 3 heteroatoms. The van der Waals surface area contributed by atoms with Gasteiger partial charge in [0.2, 0.25) is 5.89 Å². The second kappa shape index (κ2) is 4.67. The molecule has 1 fully saturated rings. The molecular weight excluding hydrogens is 248 g/mol. The van der Waals surface area contributed by atoms with E-state index in [1.807, 2.05) is 24.3 Å². The van der Waals surface area contributed by atoms with Gasteiger partial charge in [-0.2, -0.15) is 0 Å². The van der Waals surface area contributed by atoms with Crippen LogP contribution in [0.5, 0.6) is 0 Å². The van der Waals surface area contributed by atoms with Crippen LogP contribution in [0.4, 0.5) is 5.69 Å². The van der Waals surface area contributed by atoms with Crippen LogP contribution in [0.3, 0.4) is 0 Å². The minimum atomic E-state index is 0.694. The number of hydrogen-bond donors (Lipinski definition) is 0. The molecule has 1 aliphatic heterocycles. The average molecular weight is 264 g/mol. The minimum Gasteiger partial charge on any atom is -0.436 e. The van der Waals surface area contributed by atoms with E-state index in [0.717, 1.165) is 16.7 Å². The van der Waals surface area contributed by atoms with Gasteiger partial charge in [0.05, 0.1) is 0 Å². The summed E-state index contributed by atoms with van der Waals surface area (Å²) in [6.07, 6.45) is 2.60. The summed E-state index contributed by atoms with van der Waals surface area (Å²) >= 11 is 0. The fraction of sp³-hybridized carbons (Fsp3) is 0.235. The van der Waals surface area contributed by atoms with Crippen LogP contribution in [0.15, 0.2) is 52.9 Å². The Morgan fingerprint density at radius 3 is 2.40 bits per heavy atom. The predicted molar refractivity (Wildman–Crippen MR) is 80.9 cm³/mol. The number of nitrogens with zero attached hydrogens (tertiary/aromatic N) is 2. The molecule has 2 aromatic carbocycles. The zero-order valence-corrected chi connectivity index (χ0v) is 11.2. The zero-order chi connectivity index (χ0) is 13.4. The third-order valence-electron chi connectivity index (χ3n) is 3.88. The first-order valence-corrected chi connectivity index (χ1v) is 7.11. The number of hydrogen-bond acceptors (Lipinski definition) is 3. The van der Waals surface area contributed by atoms with E-state index >= 15 is 0 Å². The lowest BCUT2D eigenvalue weighted by Gasteiger charge is -2.17. The number of oxazole rings is 1. The minimum absolute atomic E-state index is 0.694. The van der Waals surface area contributed by atoms with Gasteiger partial charge in [-0.3, -0.25) is 0 Å². The van der Waals surface area contributed by atoms with Crippen LogP contribution in [0.1, 0.15) is 12.8 Å². The third-order valence-corrected chi connectivity index (χ3v) is 3.88. The third kappa shape index (κ3) is 1.95. The van der Waals surface area contributed by atoms with Gasteiger partial charge in [0.25, 0.3) is 0 Å². The van der Waals surface area contributed by atoms with Crippen molar-refractivity contribution in [2.45, 2.75) is 12.8 Å². The van der Waals surface area contributed by atoms with E-state index in [1.165, 1.54) is 31.6 Å². The number of aromatic nitrogens is 1. The quantitative estimate of drug-likeness (QED) is 0.698. The Bertz CT molecular complexity index is 691. The molecule has 3 aromatic rings. The fourth-order valence-electron chi connectivity index (χ4n) is 2.79. The maximum atomic E-state index is 5.79. The summed E-state index contributed by atoms with van der Waals surface area (Å²) in [5.41, 5.74) is 4.07. The number of benzene rings is 2. The molecular formula is C17H16N2O. The van der Waals surface area contributed by atoms with Crippen molar-refractivity contribution in [3.63, 3.8) is 0 Å². The lowest BCUT2D eigenvalue weighted by Crippen LogP contribution is -2.17. The van der Waals surface area contributed by atoms with E-state index in [0.29, 0.717) is 5.89 Å². The highest BCUT2D eigenvalue weighted by molar-refractivity contribution is 5.76. The average Bonchev–Trinajstić information content (AvgIpc) is 3.17. The first kappa shape index (κ1) is 11.5. The molecule has 0 unspecified atom stereocenters. The van der Waals surface area contributed by atoms with E-state index in [4.69, 9.17) is 4.42 Å². The Hall–Kier alpha value is -2.29. The summed E-state index contributed by atoms with van der Waals surface area (Å²) in [6, 6.07) is 16.4. The van der Waals surface area contributed by atoms with Crippen molar-refractivity contribution in [2.75, 3.05) is 18.0 Å². The van der Waals surface area contributed by atoms with Crippen molar-refractivity contribution in [1.82, 2.24) is 4.98 Å². The highest BCUT2D eigenvalue weighted by Gasteiger charge is 2.13. The predicted octanol–water partition coefficient (Wildman–Crippen LogP) is 4.10. The molecule has 0 spiro atoms. The van der Waals surface area contributed by atoms with Gasteiger partial charge in [0.15, 0.2) is 5.58 Å². The second-order valence-corrected chi connectivity index (χ2v) is 5.23. The van der Waals surface area contributed by atoms with Gasteiger partial charge >= 0.3 is 0 Å². The van der Waals surface area contributed by atoms with Crippen LogP contribution in [0, 0.1) is 0 Å². The van der Waals surface area contributed by atoms with Crippen LogP contribution >= 0.6 is 0 Å². The van der Waals surface area contributed by atoms with Gasteiger partial charge in [-0.1, -0.05) is 12.1 Å². The van der Waals surface area contributed by atoms with E-state index in [1.54, 1.807) is 0 Å². The van der Waals surface area contributed by atoms with Crippen molar-refractivity contribution < 1.29 is 4.42 Å². The Kier molecular flexibility index (Phi) is 2.69. The van der Waals surface area contributed by atoms with Gasteiger partial charge in [-0.25, -0.2) is 4.98 Å². The summed E-state index contributed by atoms with van der Waals surface area (Å²) in [4.78, 5) is 6.96. The van der Waals surface area contributed by atoms with E-state index in [9.17, 15) is 0 Å². The van der Waals surface area contributed by atoms with Crippen LogP contribution in [-0.2, 0) is 0 Å². The van der Waals surface area contributed by atoms with Gasteiger partial charge in [-0.05, 0) is 49.2 Å². The highest BCUT2D eigenvalue weighted by Crippen LogP contribution is 2.27. The second-order valence-electron chi connectivity index (χ2n) is 5.23. The van der Waals surface area contributed by atoms with E-state index < -0.39 is 0 Å². The molecule has 3 nitrogen and oxygen atoms in total. The molecule has 100 valence electrons. The molecule has 1 aromatic heterocycles. The molecule has 0 radical (unpaired) electrons. The normalized spacial score (nSPS) is 15.1. The molecule has 0 bridgehead atoms. The number of para-hydroxylation sites is 2. The molecule has 2 heterocycles. The van der Waals surface area contributed by atoms with Crippen molar-refractivity contribution in [3.05, 3.63) is 48.5 Å². The van der Waals surface area contributed by atoms with Crippen LogP contribution in [0.2, 0.25) is 0 Å². The van der Waals surface area contributed by atoms with Crippen LogP contribution < -0.4 is 4.90 Å². The van der Waals surface area contributed by atoms with E-state index in [2.05, 4.69) is 34.1 Å². The van der Waals surface area contributed by atoms with Crippen molar-refractivity contribution >= 4 is 16.8 Å². The molecule has 4 rings (SSSR count). The van der Waals surface area contributed by atoms with Crippen molar-refractivity contribution in [3.8, 4) is 11.5 Å². The molecule has 0 atom stereocenters. The maximum absolute atomic E-state index is 5.79. The number of anilines is 1. The van der Waals surface area contributed by atoms with Crippen molar-refractivity contribution in [2.24, 2.45) is 0 Å². The molecule has 0 N–H and O–H groups in total. The topological polar surface area (TPSA) is 29.3 Å². The Balaban J connectivity index is 1.67. The van der Waals surface area contributed by atoms with Gasteiger partial charge in [0.1, 0.15) is 5.52 Å². The number of fused-ring (bicyclic) bond motifs is 1. The van der Waals surface area contributed by atoms with Crippen LogP contribution in [-0.4, -0.2) is 18.1 Å². The summed E-state index contributed by atoms with van der Waals surface area (Å²) in [6.45, 7) is 2.34. The monoisotopic (exact) mass is 264 g/mol. The Morgan fingerprint density at radius 2 is 1.65 bits per heavy atom. The highest BCUT2D eigenvalue weighted by atomic mass is 16.3. The van der Waals surface area contributed by atoms with Gasteiger partial charge < -0.3 is 9.32 Å². The molecule has 20 heavy (non-hydrogen) atoms. The standard InChI is InChI=1S/C17H16N2O/c1-2-6-16-15(5-1)18-17(20-16)13-7-9-14(10-8-13)19-11-3-4-12-19/h1-2,5-10H,3-4,11-12H2. The van der Waals surface area contributed by atoms with Gasteiger partial charge in [-0.15, -0.1) is 0 Å². The lowest BCUT2D eigenvalue weighted by atomic mass is 10.2. The largest absolute Gasteiger partial charge is 0.436 e. The smallest absolute Gasteiger partial charge is 0.227 e. The molecule has 1 aliphatic rings. The van der Waals surface area contributed by atoms with Crippen molar-refractivity contribution in [1.29, 1.82) is 0 Å². The Morgan fingerprint density at radius 1 is 0.900 bits per heavy atom. The molecule has 0 amide bonds. The van der Waals surface area contributed by atoms with E-state index in [-0.39, 0.29) is 0 Å².